The topological polar surface area (TPSA) is 44.8 Å². The van der Waals surface area contributed by atoms with E-state index in [-0.39, 0.29) is 12.2 Å². The molecule has 0 heterocycles. The van der Waals surface area contributed by atoms with E-state index >= 15 is 0 Å². The predicted octanol–water partition coefficient (Wildman–Crippen LogP) is 6.91. The van der Waals surface area contributed by atoms with Gasteiger partial charge in [-0.15, -0.1) is 0 Å². The van der Waals surface area contributed by atoms with E-state index in [0.29, 0.717) is 12.2 Å². The first-order chi connectivity index (χ1) is 13.6. The van der Waals surface area contributed by atoms with E-state index in [1.807, 2.05) is 0 Å². The third-order valence-electron chi connectivity index (χ3n) is 4.83. The van der Waals surface area contributed by atoms with Crippen molar-refractivity contribution in [3.8, 4) is 0 Å². The highest BCUT2D eigenvalue weighted by molar-refractivity contribution is 6.70. The molecule has 0 aliphatic heterocycles. The molecule has 4 nitrogen and oxygen atoms in total. The molecule has 0 spiro atoms. The number of rotatable bonds is 15. The Kier molecular flexibility index (Phi) is 11.4. The van der Waals surface area contributed by atoms with Gasteiger partial charge in [-0.3, -0.25) is 4.79 Å². The second-order valence-corrected chi connectivity index (χ2v) is 25.1. The van der Waals surface area contributed by atoms with Crippen LogP contribution in [-0.2, 0) is 18.1 Å². The molecule has 1 rings (SSSR count). The van der Waals surface area contributed by atoms with Gasteiger partial charge in [0.15, 0.2) is 30.7 Å². The van der Waals surface area contributed by atoms with Crippen LogP contribution < -0.4 is 0 Å². The van der Waals surface area contributed by atoms with Crippen LogP contribution in [0.25, 0.3) is 0 Å². The lowest BCUT2D eigenvalue weighted by molar-refractivity contribution is -0.115. The molecule has 0 amide bonds. The lowest BCUT2D eigenvalue weighted by Gasteiger charge is -2.29. The zero-order chi connectivity index (χ0) is 23.0. The van der Waals surface area contributed by atoms with Crippen molar-refractivity contribution in [2.45, 2.75) is 122 Å². The Morgan fingerprint density at radius 1 is 0.867 bits per heavy atom. The number of unbranched alkanes of at least 4 members (excludes halogenated alkanes) is 4. The van der Waals surface area contributed by atoms with Crippen molar-refractivity contribution in [1.82, 2.24) is 0 Å². The Bertz CT molecular complexity index is 556. The van der Waals surface area contributed by atoms with Gasteiger partial charge in [0.1, 0.15) is 0 Å². The summed E-state index contributed by atoms with van der Waals surface area (Å²) < 4.78 is 18.6. The molecule has 0 saturated heterocycles. The number of carbonyl (C=O) groups excluding carboxylic acids is 1. The molecule has 30 heavy (non-hydrogen) atoms. The van der Waals surface area contributed by atoms with Crippen molar-refractivity contribution >= 4 is 30.7 Å². The van der Waals surface area contributed by atoms with Gasteiger partial charge < -0.3 is 13.3 Å². The Hall–Kier alpha value is -0.0594. The first-order valence-corrected chi connectivity index (χ1v) is 22.1. The maximum atomic E-state index is 12.2. The van der Waals surface area contributed by atoms with Crippen LogP contribution in [-0.4, -0.2) is 49.6 Å². The quantitative estimate of drug-likeness (QED) is 0.192. The fourth-order valence-electron chi connectivity index (χ4n) is 3.68. The fourth-order valence-corrected chi connectivity index (χ4v) is 6.61. The van der Waals surface area contributed by atoms with Crippen molar-refractivity contribution in [3.05, 3.63) is 11.6 Å². The molecule has 0 saturated carbocycles. The molecule has 176 valence electrons. The summed E-state index contributed by atoms with van der Waals surface area (Å²) in [6.07, 6.45) is 10.9. The fraction of sp³-hybridized carbons (Fsp3) is 0.870. The van der Waals surface area contributed by atoms with Gasteiger partial charge in [0.25, 0.3) is 0 Å². The summed E-state index contributed by atoms with van der Waals surface area (Å²) in [6, 6.07) is 0. The number of carbonyl (C=O) groups is 1. The molecule has 2 unspecified atom stereocenters. The summed E-state index contributed by atoms with van der Waals surface area (Å²) in [7, 11) is -4.64. The van der Waals surface area contributed by atoms with Crippen LogP contribution >= 0.6 is 0 Å². The van der Waals surface area contributed by atoms with Crippen LogP contribution in [0.1, 0.15) is 51.4 Å². The van der Waals surface area contributed by atoms with Crippen molar-refractivity contribution in [2.24, 2.45) is 0 Å². The first-order valence-electron chi connectivity index (χ1n) is 11.9. The molecule has 0 bridgehead atoms. The SMILES string of the molecule is C[Si](C)(C)OCC(CCCCCCCC1=CC(O[Si](C)(C)C)CC1=O)O[Si](C)(C)C. The van der Waals surface area contributed by atoms with Crippen LogP contribution in [0.3, 0.4) is 0 Å². The van der Waals surface area contributed by atoms with E-state index < -0.39 is 25.0 Å². The minimum atomic E-state index is -1.59. The summed E-state index contributed by atoms with van der Waals surface area (Å²) in [4.78, 5) is 12.2. The standard InChI is InChI=1S/C23H48O4Si3/c1-28(2,3)25-19-21(26-29(4,5)6)16-14-12-10-11-13-15-20-17-22(18-23(20)24)27-30(7,8)9/h17,21-22H,10-16,18-19H2,1-9H3. The molecule has 0 aromatic rings. The summed E-state index contributed by atoms with van der Waals surface area (Å²) in [6.45, 7) is 20.8. The van der Waals surface area contributed by atoms with Crippen LogP contribution in [0, 0.1) is 0 Å². The Morgan fingerprint density at radius 2 is 1.47 bits per heavy atom. The molecular weight excluding hydrogens is 425 g/mol. The zero-order valence-electron chi connectivity index (χ0n) is 21.2. The molecule has 7 heteroatoms. The second kappa shape index (κ2) is 12.3. The molecule has 1 aliphatic carbocycles. The van der Waals surface area contributed by atoms with E-state index in [4.69, 9.17) is 13.3 Å². The lowest BCUT2D eigenvalue weighted by atomic mass is 10.0. The van der Waals surface area contributed by atoms with E-state index in [1.165, 1.54) is 25.7 Å². The number of allylic oxidation sites excluding steroid dienone is 1. The highest BCUT2D eigenvalue weighted by Gasteiger charge is 2.28. The molecular formula is C23H48O4Si3. The third kappa shape index (κ3) is 14.1. The van der Waals surface area contributed by atoms with Crippen molar-refractivity contribution in [2.75, 3.05) is 6.61 Å². The van der Waals surface area contributed by atoms with Gasteiger partial charge in [0.2, 0.25) is 0 Å². The monoisotopic (exact) mass is 472 g/mol. The van der Waals surface area contributed by atoms with Gasteiger partial charge in [-0.25, -0.2) is 0 Å². The summed E-state index contributed by atoms with van der Waals surface area (Å²) in [5.41, 5.74) is 1.00. The Morgan fingerprint density at radius 3 is 2.03 bits per heavy atom. The maximum absolute atomic E-state index is 12.2. The third-order valence-corrected chi connectivity index (χ3v) is 7.91. The van der Waals surface area contributed by atoms with Crippen LogP contribution in [0.4, 0.5) is 0 Å². The maximum Gasteiger partial charge on any atom is 0.184 e. The molecule has 0 aromatic carbocycles. The molecule has 0 aromatic heterocycles. The predicted molar refractivity (Wildman–Crippen MR) is 136 cm³/mol. The minimum Gasteiger partial charge on any atom is -0.415 e. The summed E-state index contributed by atoms with van der Waals surface area (Å²) in [5.74, 6) is 0.298. The average Bonchev–Trinajstić information content (AvgIpc) is 2.86. The van der Waals surface area contributed by atoms with Gasteiger partial charge in [0, 0.05) is 6.42 Å². The number of hydrogen-bond acceptors (Lipinski definition) is 4. The Balaban J connectivity index is 2.25. The van der Waals surface area contributed by atoms with Gasteiger partial charge in [0.05, 0.1) is 18.8 Å². The first kappa shape index (κ1) is 28.0. The molecule has 1 aliphatic rings. The van der Waals surface area contributed by atoms with Crippen molar-refractivity contribution < 1.29 is 18.1 Å². The molecule has 0 fully saturated rings. The highest BCUT2D eigenvalue weighted by atomic mass is 28.4. The molecule has 0 N–H and O–H groups in total. The number of Topliss-reactive ketones (excluding diaryl/α,β-unsaturated/α-hetero) is 1. The second-order valence-electron chi connectivity index (χ2n) is 11.7. The minimum absolute atomic E-state index is 0.0286. The lowest BCUT2D eigenvalue weighted by Crippen LogP contribution is -2.38. The van der Waals surface area contributed by atoms with Crippen LogP contribution in [0.5, 0.6) is 0 Å². The zero-order valence-corrected chi connectivity index (χ0v) is 24.2. The van der Waals surface area contributed by atoms with Crippen LogP contribution in [0.2, 0.25) is 58.9 Å². The Labute approximate surface area is 189 Å². The highest BCUT2D eigenvalue weighted by Crippen LogP contribution is 2.25. The average molecular weight is 473 g/mol. The number of hydrogen-bond donors (Lipinski definition) is 0. The van der Waals surface area contributed by atoms with Gasteiger partial charge in [-0.1, -0.05) is 25.7 Å². The number of ketones is 1. The summed E-state index contributed by atoms with van der Waals surface area (Å²) in [5, 5.41) is 0. The largest absolute Gasteiger partial charge is 0.415 e. The van der Waals surface area contributed by atoms with E-state index in [9.17, 15) is 4.79 Å². The van der Waals surface area contributed by atoms with E-state index in [1.54, 1.807) is 0 Å². The van der Waals surface area contributed by atoms with Crippen molar-refractivity contribution in [1.29, 1.82) is 0 Å². The van der Waals surface area contributed by atoms with Crippen molar-refractivity contribution in [3.63, 3.8) is 0 Å². The van der Waals surface area contributed by atoms with E-state index in [2.05, 4.69) is 65.0 Å². The molecule has 2 atom stereocenters. The van der Waals surface area contributed by atoms with E-state index in [0.717, 1.165) is 31.4 Å². The van der Waals surface area contributed by atoms with Gasteiger partial charge >= 0.3 is 0 Å². The normalized spacial score (nSPS) is 19.3. The van der Waals surface area contributed by atoms with Gasteiger partial charge in [-0.05, 0) is 89.8 Å². The van der Waals surface area contributed by atoms with Gasteiger partial charge in [-0.2, -0.15) is 0 Å². The molecule has 0 radical (unpaired) electrons. The smallest absolute Gasteiger partial charge is 0.184 e. The summed E-state index contributed by atoms with van der Waals surface area (Å²) >= 11 is 0. The van der Waals surface area contributed by atoms with Crippen LogP contribution in [0.15, 0.2) is 11.6 Å².